The van der Waals surface area contributed by atoms with Gasteiger partial charge in [0, 0.05) is 13.0 Å². The Morgan fingerprint density at radius 2 is 1.77 bits per heavy atom. The van der Waals surface area contributed by atoms with Crippen molar-refractivity contribution >= 4 is 11.7 Å². The average molecular weight is 421 g/mol. The molecular formula is C25H27NO5. The SMILES string of the molecule is CCC(=O)C1=C(O)C(=O)N(Cc2ccc3c(c2)OCO3)C1c1ccc(C(C)(C)C)cc1. The number of benzene rings is 2. The fraction of sp³-hybridized carbons (Fsp3) is 0.360. The summed E-state index contributed by atoms with van der Waals surface area (Å²) < 4.78 is 10.8. The number of carbonyl (C=O) groups excluding carboxylic acids is 2. The van der Waals surface area contributed by atoms with Crippen molar-refractivity contribution in [2.75, 3.05) is 6.79 Å². The van der Waals surface area contributed by atoms with Crippen molar-refractivity contribution in [2.24, 2.45) is 0 Å². The van der Waals surface area contributed by atoms with Crippen LogP contribution in [0.25, 0.3) is 0 Å². The van der Waals surface area contributed by atoms with Gasteiger partial charge in [-0.1, -0.05) is 58.0 Å². The summed E-state index contributed by atoms with van der Waals surface area (Å²) >= 11 is 0. The minimum Gasteiger partial charge on any atom is -0.503 e. The normalized spacial score (nSPS) is 18.1. The molecule has 4 rings (SSSR count). The molecule has 1 amide bonds. The van der Waals surface area contributed by atoms with Crippen LogP contribution in [0.2, 0.25) is 0 Å². The van der Waals surface area contributed by atoms with Crippen molar-refractivity contribution in [3.05, 3.63) is 70.5 Å². The quantitative estimate of drug-likeness (QED) is 0.764. The third kappa shape index (κ3) is 3.78. The van der Waals surface area contributed by atoms with Gasteiger partial charge in [0.25, 0.3) is 5.91 Å². The first-order chi connectivity index (χ1) is 14.7. The first-order valence-corrected chi connectivity index (χ1v) is 10.5. The van der Waals surface area contributed by atoms with Crippen LogP contribution in [0.3, 0.4) is 0 Å². The van der Waals surface area contributed by atoms with Gasteiger partial charge < -0.3 is 19.5 Å². The van der Waals surface area contributed by atoms with E-state index in [9.17, 15) is 14.7 Å². The van der Waals surface area contributed by atoms with Crippen LogP contribution in [-0.4, -0.2) is 28.5 Å². The smallest absolute Gasteiger partial charge is 0.290 e. The molecule has 2 heterocycles. The highest BCUT2D eigenvalue weighted by atomic mass is 16.7. The van der Waals surface area contributed by atoms with E-state index in [2.05, 4.69) is 20.8 Å². The second kappa shape index (κ2) is 7.76. The average Bonchev–Trinajstić information content (AvgIpc) is 3.30. The van der Waals surface area contributed by atoms with E-state index in [1.807, 2.05) is 36.4 Å². The molecule has 6 heteroatoms. The summed E-state index contributed by atoms with van der Waals surface area (Å²) in [6, 6.07) is 12.8. The second-order valence-corrected chi connectivity index (χ2v) is 8.93. The number of hydrogen-bond acceptors (Lipinski definition) is 5. The lowest BCUT2D eigenvalue weighted by Crippen LogP contribution is -2.30. The fourth-order valence-electron chi connectivity index (χ4n) is 4.04. The van der Waals surface area contributed by atoms with Gasteiger partial charge in [0.05, 0.1) is 11.6 Å². The Balaban J connectivity index is 1.72. The van der Waals surface area contributed by atoms with E-state index in [0.29, 0.717) is 11.5 Å². The Labute approximate surface area is 182 Å². The second-order valence-electron chi connectivity index (χ2n) is 8.93. The number of nitrogens with zero attached hydrogens (tertiary/aromatic N) is 1. The lowest BCUT2D eigenvalue weighted by atomic mass is 9.85. The highest BCUT2D eigenvalue weighted by Crippen LogP contribution is 2.41. The predicted molar refractivity (Wildman–Crippen MR) is 116 cm³/mol. The highest BCUT2D eigenvalue weighted by molar-refractivity contribution is 6.08. The van der Waals surface area contributed by atoms with E-state index in [0.717, 1.165) is 16.7 Å². The summed E-state index contributed by atoms with van der Waals surface area (Å²) in [6.45, 7) is 8.52. The highest BCUT2D eigenvalue weighted by Gasteiger charge is 2.43. The van der Waals surface area contributed by atoms with Crippen LogP contribution in [0.5, 0.6) is 11.5 Å². The van der Waals surface area contributed by atoms with E-state index in [1.54, 1.807) is 17.9 Å². The van der Waals surface area contributed by atoms with Crippen LogP contribution < -0.4 is 9.47 Å². The van der Waals surface area contributed by atoms with Crippen LogP contribution in [0.1, 0.15) is 56.8 Å². The molecule has 1 unspecified atom stereocenters. The monoisotopic (exact) mass is 421 g/mol. The van der Waals surface area contributed by atoms with Gasteiger partial charge in [0.2, 0.25) is 6.79 Å². The van der Waals surface area contributed by atoms with Gasteiger partial charge in [-0.25, -0.2) is 0 Å². The maximum Gasteiger partial charge on any atom is 0.290 e. The number of ether oxygens (including phenoxy) is 2. The summed E-state index contributed by atoms with van der Waals surface area (Å²) in [4.78, 5) is 27.2. The molecule has 2 aliphatic heterocycles. The number of aliphatic hydroxyl groups excluding tert-OH is 1. The number of amides is 1. The van der Waals surface area contributed by atoms with Crippen LogP contribution >= 0.6 is 0 Å². The Kier molecular flexibility index (Phi) is 5.25. The molecule has 0 aliphatic carbocycles. The molecule has 0 aromatic heterocycles. The molecule has 1 N–H and O–H groups in total. The summed E-state index contributed by atoms with van der Waals surface area (Å²) in [5.41, 5.74) is 2.92. The van der Waals surface area contributed by atoms with Gasteiger partial charge in [-0.2, -0.15) is 0 Å². The zero-order valence-electron chi connectivity index (χ0n) is 18.3. The molecule has 0 spiro atoms. The van der Waals surface area contributed by atoms with Crippen LogP contribution in [-0.2, 0) is 21.5 Å². The largest absolute Gasteiger partial charge is 0.503 e. The molecule has 2 aliphatic rings. The summed E-state index contributed by atoms with van der Waals surface area (Å²) in [7, 11) is 0. The lowest BCUT2D eigenvalue weighted by Gasteiger charge is -2.28. The lowest BCUT2D eigenvalue weighted by molar-refractivity contribution is -0.130. The van der Waals surface area contributed by atoms with Crippen molar-refractivity contribution < 1.29 is 24.2 Å². The Bertz CT molecular complexity index is 1060. The molecule has 0 radical (unpaired) electrons. The van der Waals surface area contributed by atoms with E-state index < -0.39 is 17.7 Å². The molecule has 162 valence electrons. The van der Waals surface area contributed by atoms with Crippen molar-refractivity contribution in [2.45, 2.75) is 52.1 Å². The van der Waals surface area contributed by atoms with Gasteiger partial charge in [-0.15, -0.1) is 0 Å². The molecule has 2 aromatic carbocycles. The van der Waals surface area contributed by atoms with Gasteiger partial charge in [0.1, 0.15) is 0 Å². The van der Waals surface area contributed by atoms with E-state index in [1.165, 1.54) is 0 Å². The zero-order valence-corrected chi connectivity index (χ0v) is 18.3. The van der Waals surface area contributed by atoms with E-state index in [4.69, 9.17) is 9.47 Å². The van der Waals surface area contributed by atoms with Crippen LogP contribution in [0, 0.1) is 0 Å². The Morgan fingerprint density at radius 3 is 2.42 bits per heavy atom. The van der Waals surface area contributed by atoms with Crippen molar-refractivity contribution in [3.8, 4) is 11.5 Å². The van der Waals surface area contributed by atoms with Gasteiger partial charge in [-0.3, -0.25) is 9.59 Å². The minimum absolute atomic E-state index is 0.0176. The van der Waals surface area contributed by atoms with Gasteiger partial charge in [0.15, 0.2) is 23.0 Å². The number of carbonyl (C=O) groups is 2. The number of fused-ring (bicyclic) bond motifs is 1. The third-order valence-electron chi connectivity index (χ3n) is 5.81. The third-order valence-corrected chi connectivity index (χ3v) is 5.81. The number of aliphatic hydroxyl groups is 1. The van der Waals surface area contributed by atoms with E-state index >= 15 is 0 Å². The van der Waals surface area contributed by atoms with Crippen molar-refractivity contribution in [3.63, 3.8) is 0 Å². The summed E-state index contributed by atoms with van der Waals surface area (Å²) in [5.74, 6) is 0.0479. The topological polar surface area (TPSA) is 76.1 Å². The molecule has 0 fully saturated rings. The zero-order chi connectivity index (χ0) is 22.3. The molecule has 1 atom stereocenters. The first kappa shape index (κ1) is 21.0. The number of ketones is 1. The van der Waals surface area contributed by atoms with Crippen LogP contribution in [0.15, 0.2) is 53.8 Å². The number of rotatable bonds is 5. The summed E-state index contributed by atoms with van der Waals surface area (Å²) in [5, 5.41) is 10.6. The number of hydrogen-bond donors (Lipinski definition) is 1. The molecule has 2 aromatic rings. The van der Waals surface area contributed by atoms with Crippen molar-refractivity contribution in [1.29, 1.82) is 0 Å². The number of Topliss-reactive ketones (excluding diaryl/α,β-unsaturated/α-hetero) is 1. The van der Waals surface area contributed by atoms with Gasteiger partial charge in [-0.05, 0) is 34.2 Å². The minimum atomic E-state index is -0.639. The standard InChI is InChI=1S/C25H27NO5/c1-5-18(27)21-22(16-7-9-17(10-8-16)25(2,3)4)26(24(29)23(21)28)13-15-6-11-19-20(12-15)31-14-30-19/h6-12,22,28H,5,13-14H2,1-4H3. The predicted octanol–water partition coefficient (Wildman–Crippen LogP) is 4.59. The Morgan fingerprint density at radius 1 is 1.10 bits per heavy atom. The van der Waals surface area contributed by atoms with E-state index in [-0.39, 0.29) is 36.5 Å². The van der Waals surface area contributed by atoms with Crippen molar-refractivity contribution in [1.82, 2.24) is 4.90 Å². The fourth-order valence-corrected chi connectivity index (χ4v) is 4.04. The molecule has 0 saturated heterocycles. The molecule has 31 heavy (non-hydrogen) atoms. The Hall–Kier alpha value is -3.28. The first-order valence-electron chi connectivity index (χ1n) is 10.5. The molecular weight excluding hydrogens is 394 g/mol. The molecule has 0 bridgehead atoms. The molecule has 0 saturated carbocycles. The van der Waals surface area contributed by atoms with Gasteiger partial charge >= 0.3 is 0 Å². The maximum absolute atomic E-state index is 13.0. The summed E-state index contributed by atoms with van der Waals surface area (Å²) in [6.07, 6.45) is 0.209. The molecule has 6 nitrogen and oxygen atoms in total. The maximum atomic E-state index is 13.0. The van der Waals surface area contributed by atoms with Crippen LogP contribution in [0.4, 0.5) is 0 Å².